The van der Waals surface area contributed by atoms with Gasteiger partial charge < -0.3 is 10.1 Å². The Balaban J connectivity index is 2.14. The molecule has 17 heavy (non-hydrogen) atoms. The third kappa shape index (κ3) is 7.20. The number of para-hydroxylation sites is 1. The van der Waals surface area contributed by atoms with E-state index in [1.54, 1.807) is 0 Å². The van der Waals surface area contributed by atoms with Crippen LogP contribution in [0.4, 0.5) is 5.69 Å². The zero-order valence-corrected chi connectivity index (χ0v) is 12.4. The zero-order chi connectivity index (χ0) is 12.7. The Hall–Kier alpha value is -0.780. The SMILES string of the molecule is CC(C)(I)OC(=O)CCCNc1ccccc1. The molecule has 0 fully saturated rings. The Morgan fingerprint density at radius 3 is 2.59 bits per heavy atom. The van der Waals surface area contributed by atoms with Crippen LogP contribution in [-0.2, 0) is 9.53 Å². The fourth-order valence-corrected chi connectivity index (χ4v) is 1.59. The highest BCUT2D eigenvalue weighted by atomic mass is 127. The van der Waals surface area contributed by atoms with Crippen LogP contribution in [-0.4, -0.2) is 16.1 Å². The Labute approximate surface area is 116 Å². The molecule has 3 nitrogen and oxygen atoms in total. The minimum atomic E-state index is -0.415. The van der Waals surface area contributed by atoms with E-state index < -0.39 is 3.61 Å². The van der Waals surface area contributed by atoms with Crippen LogP contribution in [0.1, 0.15) is 26.7 Å². The summed E-state index contributed by atoms with van der Waals surface area (Å²) in [5.41, 5.74) is 1.08. The number of carbonyl (C=O) groups excluding carboxylic acids is 1. The second-order valence-electron chi connectivity index (χ2n) is 4.23. The number of ether oxygens (including phenoxy) is 1. The van der Waals surface area contributed by atoms with Crippen molar-refractivity contribution < 1.29 is 9.53 Å². The molecule has 0 radical (unpaired) electrons. The molecule has 4 heteroatoms. The molecule has 0 saturated heterocycles. The molecular weight excluding hydrogens is 329 g/mol. The molecule has 0 unspecified atom stereocenters. The molecule has 0 aliphatic heterocycles. The van der Waals surface area contributed by atoms with Gasteiger partial charge in [-0.15, -0.1) is 0 Å². The summed E-state index contributed by atoms with van der Waals surface area (Å²) in [4.78, 5) is 11.4. The Morgan fingerprint density at radius 1 is 1.35 bits per heavy atom. The number of hydrogen-bond acceptors (Lipinski definition) is 3. The predicted octanol–water partition coefficient (Wildman–Crippen LogP) is 3.59. The lowest BCUT2D eigenvalue weighted by Crippen LogP contribution is -2.20. The average Bonchev–Trinajstić information content (AvgIpc) is 2.23. The van der Waals surface area contributed by atoms with Crippen LogP contribution in [0.2, 0.25) is 0 Å². The molecule has 0 bridgehead atoms. The largest absolute Gasteiger partial charge is 0.449 e. The molecule has 0 aliphatic carbocycles. The normalized spacial score (nSPS) is 11.0. The predicted molar refractivity (Wildman–Crippen MR) is 78.4 cm³/mol. The number of nitrogens with one attached hydrogen (secondary N) is 1. The first-order valence-corrected chi connectivity index (χ1v) is 6.75. The lowest BCUT2D eigenvalue weighted by atomic mass is 10.3. The Morgan fingerprint density at radius 2 is 2.00 bits per heavy atom. The van der Waals surface area contributed by atoms with Crippen LogP contribution in [0.25, 0.3) is 0 Å². The van der Waals surface area contributed by atoms with Crippen LogP contribution in [0.5, 0.6) is 0 Å². The van der Waals surface area contributed by atoms with E-state index in [-0.39, 0.29) is 5.97 Å². The van der Waals surface area contributed by atoms with E-state index in [4.69, 9.17) is 4.74 Å². The van der Waals surface area contributed by atoms with E-state index >= 15 is 0 Å². The minimum absolute atomic E-state index is 0.140. The van der Waals surface area contributed by atoms with E-state index in [0.717, 1.165) is 18.7 Å². The van der Waals surface area contributed by atoms with Gasteiger partial charge in [-0.1, -0.05) is 18.2 Å². The van der Waals surface area contributed by atoms with Crippen molar-refractivity contribution in [1.29, 1.82) is 0 Å². The van der Waals surface area contributed by atoms with Crippen molar-refractivity contribution >= 4 is 34.2 Å². The number of halogens is 1. The smallest absolute Gasteiger partial charge is 0.307 e. The van der Waals surface area contributed by atoms with Crippen LogP contribution in [0, 0.1) is 0 Å². The molecule has 0 amide bonds. The summed E-state index contributed by atoms with van der Waals surface area (Å²) in [6.07, 6.45) is 1.23. The fourth-order valence-electron chi connectivity index (χ4n) is 1.34. The maximum atomic E-state index is 11.4. The minimum Gasteiger partial charge on any atom is -0.449 e. The number of hydrogen-bond donors (Lipinski definition) is 1. The molecule has 0 heterocycles. The first-order chi connectivity index (χ1) is 7.97. The van der Waals surface area contributed by atoms with Crippen LogP contribution < -0.4 is 5.32 Å². The second-order valence-corrected chi connectivity index (χ2v) is 6.83. The summed E-state index contributed by atoms with van der Waals surface area (Å²) in [5, 5.41) is 3.25. The summed E-state index contributed by atoms with van der Waals surface area (Å²) in [6.45, 7) is 4.52. The van der Waals surface area contributed by atoms with Crippen molar-refractivity contribution in [1.82, 2.24) is 0 Å². The number of carbonyl (C=O) groups is 1. The van der Waals surface area contributed by atoms with Crippen LogP contribution >= 0.6 is 22.6 Å². The molecule has 1 N–H and O–H groups in total. The first kappa shape index (κ1) is 14.3. The average molecular weight is 347 g/mol. The van der Waals surface area contributed by atoms with Crippen molar-refractivity contribution in [3.05, 3.63) is 30.3 Å². The van der Waals surface area contributed by atoms with E-state index in [9.17, 15) is 4.79 Å². The Bertz CT molecular complexity index is 346. The molecule has 0 spiro atoms. The van der Waals surface area contributed by atoms with Crippen LogP contribution in [0.15, 0.2) is 30.3 Å². The number of benzene rings is 1. The van der Waals surface area contributed by atoms with Crippen molar-refractivity contribution in [3.8, 4) is 0 Å². The maximum absolute atomic E-state index is 11.4. The van der Waals surface area contributed by atoms with E-state index in [1.165, 1.54) is 0 Å². The number of anilines is 1. The summed E-state index contributed by atoms with van der Waals surface area (Å²) in [7, 11) is 0. The fraction of sp³-hybridized carbons (Fsp3) is 0.462. The zero-order valence-electron chi connectivity index (χ0n) is 10.2. The summed E-state index contributed by atoms with van der Waals surface area (Å²) in [5.74, 6) is -0.140. The summed E-state index contributed by atoms with van der Waals surface area (Å²) >= 11 is 2.10. The third-order valence-corrected chi connectivity index (χ3v) is 2.24. The standard InChI is InChI=1S/C13H18INO2/c1-13(2,14)17-12(16)9-6-10-15-11-7-4-3-5-8-11/h3-5,7-8,15H,6,9-10H2,1-2H3. The molecule has 1 aromatic carbocycles. The number of rotatable bonds is 6. The monoisotopic (exact) mass is 347 g/mol. The van der Waals surface area contributed by atoms with Crippen molar-refractivity contribution in [2.24, 2.45) is 0 Å². The summed E-state index contributed by atoms with van der Waals surface area (Å²) in [6, 6.07) is 9.95. The Kier molecular flexibility index (Phi) is 5.74. The highest BCUT2D eigenvalue weighted by Gasteiger charge is 2.17. The molecule has 0 saturated carbocycles. The molecule has 1 aromatic rings. The topological polar surface area (TPSA) is 38.3 Å². The lowest BCUT2D eigenvalue weighted by molar-refractivity contribution is -0.148. The molecule has 94 valence electrons. The third-order valence-electron chi connectivity index (χ3n) is 2.02. The van der Waals surface area contributed by atoms with Crippen molar-refractivity contribution in [2.45, 2.75) is 30.3 Å². The lowest BCUT2D eigenvalue weighted by Gasteiger charge is -2.17. The summed E-state index contributed by atoms with van der Waals surface area (Å²) < 4.78 is 4.79. The van der Waals surface area contributed by atoms with Crippen molar-refractivity contribution in [2.75, 3.05) is 11.9 Å². The number of alkyl halides is 1. The first-order valence-electron chi connectivity index (χ1n) is 5.67. The molecule has 0 aromatic heterocycles. The molecule has 1 rings (SSSR count). The van der Waals surface area contributed by atoms with Crippen molar-refractivity contribution in [3.63, 3.8) is 0 Å². The van der Waals surface area contributed by atoms with Gasteiger partial charge in [-0.2, -0.15) is 0 Å². The quantitative estimate of drug-likeness (QED) is 0.370. The van der Waals surface area contributed by atoms with Gasteiger partial charge in [-0.25, -0.2) is 0 Å². The van der Waals surface area contributed by atoms with Gasteiger partial charge in [0.1, 0.15) is 0 Å². The van der Waals surface area contributed by atoms with E-state index in [0.29, 0.717) is 6.42 Å². The van der Waals surface area contributed by atoms with Gasteiger partial charge in [0.15, 0.2) is 3.61 Å². The van der Waals surface area contributed by atoms with Crippen LogP contribution in [0.3, 0.4) is 0 Å². The van der Waals surface area contributed by atoms with Gasteiger partial charge >= 0.3 is 5.97 Å². The van der Waals surface area contributed by atoms with Gasteiger partial charge in [0.05, 0.1) is 0 Å². The van der Waals surface area contributed by atoms with E-state index in [2.05, 4.69) is 27.9 Å². The second kappa shape index (κ2) is 6.83. The molecule has 0 atom stereocenters. The number of esters is 1. The van der Waals surface area contributed by atoms with Gasteiger partial charge in [-0.05, 0) is 55.0 Å². The van der Waals surface area contributed by atoms with Gasteiger partial charge in [0.2, 0.25) is 0 Å². The van der Waals surface area contributed by atoms with E-state index in [1.807, 2.05) is 44.2 Å². The van der Waals surface area contributed by atoms with Gasteiger partial charge in [0.25, 0.3) is 0 Å². The van der Waals surface area contributed by atoms with Gasteiger partial charge in [0, 0.05) is 18.7 Å². The highest BCUT2D eigenvalue weighted by molar-refractivity contribution is 14.1. The highest BCUT2D eigenvalue weighted by Crippen LogP contribution is 2.19. The molecular formula is C13H18INO2. The molecule has 0 aliphatic rings. The maximum Gasteiger partial charge on any atom is 0.307 e. The van der Waals surface area contributed by atoms with Gasteiger partial charge in [-0.3, -0.25) is 4.79 Å².